The molecule has 0 radical (unpaired) electrons. The smallest absolute Gasteiger partial charge is 0.335 e. The Balaban J connectivity index is 2.68. The molecule has 1 saturated heterocycles. The van der Waals surface area contributed by atoms with Crippen LogP contribution in [-0.2, 0) is 42.9 Å². The number of carboxylic acids is 1. The first-order valence-corrected chi connectivity index (χ1v) is 29.0. The highest BCUT2D eigenvalue weighted by atomic mass is 16.7. The Morgan fingerprint density at radius 1 is 0.479 bits per heavy atom. The topological polar surface area (TPSA) is 175 Å². The molecule has 0 aromatic carbocycles. The van der Waals surface area contributed by atoms with Gasteiger partial charge in [0.25, 0.3) is 0 Å². The molecule has 12 nitrogen and oxygen atoms in total. The minimum absolute atomic E-state index is 0.0443. The molecule has 12 heteroatoms. The lowest BCUT2D eigenvalue weighted by molar-refractivity contribution is -0.301. The van der Waals surface area contributed by atoms with Gasteiger partial charge in [0.05, 0.1) is 6.61 Å². The molecule has 71 heavy (non-hydrogen) atoms. The average molecular weight is 1010 g/mol. The van der Waals surface area contributed by atoms with Crippen molar-refractivity contribution >= 4 is 23.9 Å². The van der Waals surface area contributed by atoms with Crippen molar-refractivity contribution in [1.29, 1.82) is 0 Å². The Hall–Kier alpha value is -3.06. The van der Waals surface area contributed by atoms with Crippen molar-refractivity contribution < 1.29 is 58.2 Å². The molecule has 1 rings (SSSR count). The number of allylic oxidation sites excluding steroid dienone is 6. The van der Waals surface area contributed by atoms with E-state index in [1.165, 1.54) is 116 Å². The van der Waals surface area contributed by atoms with Crippen molar-refractivity contribution in [3.05, 3.63) is 36.5 Å². The zero-order valence-electron chi connectivity index (χ0n) is 45.2. The third-order valence-corrected chi connectivity index (χ3v) is 13.2. The van der Waals surface area contributed by atoms with E-state index in [0.29, 0.717) is 19.3 Å². The van der Waals surface area contributed by atoms with E-state index in [-0.39, 0.29) is 25.9 Å². The number of unbranched alkanes of at least 4 members (excludes halogenated alkanes) is 29. The second-order valence-corrected chi connectivity index (χ2v) is 19.9. The summed E-state index contributed by atoms with van der Waals surface area (Å²) in [7, 11) is 0. The van der Waals surface area contributed by atoms with Crippen molar-refractivity contribution in [2.24, 2.45) is 0 Å². The minimum Gasteiger partial charge on any atom is -0.479 e. The molecular formula is C59H104O12. The lowest BCUT2D eigenvalue weighted by Crippen LogP contribution is -2.61. The standard InChI is InChI=1S/C59H104O12/c1-4-7-10-13-16-19-22-24-26-28-31-33-36-39-42-45-51(60)67-48-50(69-52(61)46-43-40-37-34-30-21-18-15-12-9-6-3)49-68-59-57(55(64)54(63)56(71-59)58(65)66)70-53(62)47-44-41-38-35-32-29-27-25-23-20-17-14-11-8-5-2/h8,11,17,20,25,27,50,54-57,59,63-64H,4-7,9-10,12-16,18-19,21-24,26,28-49H2,1-3H3,(H,65,66)/b11-8-,20-17-,27-25-. The van der Waals surface area contributed by atoms with Crippen LogP contribution in [0.4, 0.5) is 0 Å². The maximum Gasteiger partial charge on any atom is 0.335 e. The molecule has 0 bridgehead atoms. The van der Waals surface area contributed by atoms with Crippen molar-refractivity contribution in [2.75, 3.05) is 13.2 Å². The van der Waals surface area contributed by atoms with Gasteiger partial charge in [0, 0.05) is 19.3 Å². The first-order chi connectivity index (χ1) is 34.6. The van der Waals surface area contributed by atoms with Gasteiger partial charge < -0.3 is 39.0 Å². The van der Waals surface area contributed by atoms with Crippen LogP contribution < -0.4 is 0 Å². The van der Waals surface area contributed by atoms with Gasteiger partial charge >= 0.3 is 23.9 Å². The Morgan fingerprint density at radius 3 is 1.35 bits per heavy atom. The summed E-state index contributed by atoms with van der Waals surface area (Å²) in [5, 5.41) is 31.4. The molecule has 412 valence electrons. The number of rotatable bonds is 49. The number of aliphatic hydroxyl groups excluding tert-OH is 2. The first kappa shape index (κ1) is 66.0. The first-order valence-electron chi connectivity index (χ1n) is 29.0. The molecule has 0 aromatic rings. The summed E-state index contributed by atoms with van der Waals surface area (Å²) in [4.78, 5) is 51.0. The second kappa shape index (κ2) is 47.9. The van der Waals surface area contributed by atoms with Crippen molar-refractivity contribution in [1.82, 2.24) is 0 Å². The predicted molar refractivity (Wildman–Crippen MR) is 285 cm³/mol. The van der Waals surface area contributed by atoms with Gasteiger partial charge in [-0.1, -0.05) is 231 Å². The van der Waals surface area contributed by atoms with E-state index in [4.69, 9.17) is 23.7 Å². The molecule has 0 amide bonds. The molecule has 3 N–H and O–H groups in total. The number of hydrogen-bond donors (Lipinski definition) is 3. The largest absolute Gasteiger partial charge is 0.479 e. The molecule has 1 heterocycles. The number of aliphatic hydroxyl groups is 2. The van der Waals surface area contributed by atoms with Crippen LogP contribution in [0.15, 0.2) is 36.5 Å². The van der Waals surface area contributed by atoms with Gasteiger partial charge in [-0.25, -0.2) is 4.79 Å². The minimum atomic E-state index is -1.90. The zero-order chi connectivity index (χ0) is 51.8. The van der Waals surface area contributed by atoms with Crippen LogP contribution in [0.1, 0.15) is 265 Å². The lowest BCUT2D eigenvalue weighted by atomic mass is 9.98. The number of ether oxygens (including phenoxy) is 5. The maximum atomic E-state index is 13.1. The lowest BCUT2D eigenvalue weighted by Gasteiger charge is -2.40. The molecule has 6 unspecified atom stereocenters. The summed E-state index contributed by atoms with van der Waals surface area (Å²) in [5.41, 5.74) is 0. The normalized spacial score (nSPS) is 18.7. The summed E-state index contributed by atoms with van der Waals surface area (Å²) < 4.78 is 28.4. The highest BCUT2D eigenvalue weighted by Crippen LogP contribution is 2.26. The number of carbonyl (C=O) groups excluding carboxylic acids is 3. The van der Waals surface area contributed by atoms with E-state index in [0.717, 1.165) is 89.9 Å². The summed E-state index contributed by atoms with van der Waals surface area (Å²) in [6, 6.07) is 0. The van der Waals surface area contributed by atoms with Crippen LogP contribution in [-0.4, -0.2) is 89.2 Å². The number of esters is 3. The maximum absolute atomic E-state index is 13.1. The highest BCUT2D eigenvalue weighted by molar-refractivity contribution is 5.74. The van der Waals surface area contributed by atoms with Crippen molar-refractivity contribution in [2.45, 2.75) is 302 Å². The highest BCUT2D eigenvalue weighted by Gasteiger charge is 2.50. The molecule has 1 aliphatic heterocycles. The Labute approximate surface area is 431 Å². The Kier molecular flexibility index (Phi) is 44.5. The second-order valence-electron chi connectivity index (χ2n) is 19.9. The Morgan fingerprint density at radius 2 is 0.887 bits per heavy atom. The van der Waals surface area contributed by atoms with E-state index in [2.05, 4.69) is 57.2 Å². The van der Waals surface area contributed by atoms with Gasteiger partial charge in [-0.15, -0.1) is 0 Å². The predicted octanol–water partition coefficient (Wildman–Crippen LogP) is 14.5. The molecular weight excluding hydrogens is 901 g/mol. The van der Waals surface area contributed by atoms with Gasteiger partial charge in [0.2, 0.25) is 0 Å². The fourth-order valence-corrected chi connectivity index (χ4v) is 8.80. The van der Waals surface area contributed by atoms with Gasteiger partial charge in [-0.2, -0.15) is 0 Å². The van der Waals surface area contributed by atoms with E-state index in [1.807, 2.05) is 0 Å². The van der Waals surface area contributed by atoms with Crippen LogP contribution in [0.2, 0.25) is 0 Å². The van der Waals surface area contributed by atoms with Crippen LogP contribution in [0.3, 0.4) is 0 Å². The van der Waals surface area contributed by atoms with Crippen molar-refractivity contribution in [3.63, 3.8) is 0 Å². The van der Waals surface area contributed by atoms with E-state index in [1.54, 1.807) is 0 Å². The third-order valence-electron chi connectivity index (χ3n) is 13.2. The van der Waals surface area contributed by atoms with Crippen molar-refractivity contribution in [3.8, 4) is 0 Å². The van der Waals surface area contributed by atoms with Gasteiger partial charge in [0.15, 0.2) is 24.6 Å². The molecule has 0 saturated carbocycles. The molecule has 6 atom stereocenters. The SMILES string of the molecule is CC/C=C\C/C=C\C/C=C\CCCCCCCC(=O)OC1C(OCC(COC(=O)CCCCCCCCCCCCCCCCC)OC(=O)CCCCCCCCCCCCC)OC(C(=O)O)C(O)C1O. The molecule has 1 fully saturated rings. The van der Waals surface area contributed by atoms with Gasteiger partial charge in [-0.3, -0.25) is 14.4 Å². The summed E-state index contributed by atoms with van der Waals surface area (Å²) in [5.74, 6) is -3.12. The monoisotopic (exact) mass is 1000 g/mol. The molecule has 0 spiro atoms. The average Bonchev–Trinajstić information content (AvgIpc) is 3.35. The number of hydrogen-bond acceptors (Lipinski definition) is 11. The summed E-state index contributed by atoms with van der Waals surface area (Å²) in [6.07, 6.45) is 42.6. The molecule has 0 aliphatic carbocycles. The number of carboxylic acid groups (broad SMARTS) is 1. The fraction of sp³-hybridized carbons (Fsp3) is 0.831. The Bertz CT molecular complexity index is 1380. The molecule has 0 aromatic heterocycles. The van der Waals surface area contributed by atoms with E-state index >= 15 is 0 Å². The van der Waals surface area contributed by atoms with Gasteiger partial charge in [0.1, 0.15) is 18.8 Å². The van der Waals surface area contributed by atoms with Crippen LogP contribution >= 0.6 is 0 Å². The van der Waals surface area contributed by atoms with Crippen LogP contribution in [0.25, 0.3) is 0 Å². The molecule has 1 aliphatic rings. The third kappa shape index (κ3) is 38.2. The summed E-state index contributed by atoms with van der Waals surface area (Å²) >= 11 is 0. The van der Waals surface area contributed by atoms with Crippen LogP contribution in [0.5, 0.6) is 0 Å². The fourth-order valence-electron chi connectivity index (χ4n) is 8.80. The zero-order valence-corrected chi connectivity index (χ0v) is 45.2. The van der Waals surface area contributed by atoms with E-state index in [9.17, 15) is 34.5 Å². The number of aliphatic carboxylic acids is 1. The van der Waals surface area contributed by atoms with E-state index < -0.39 is 67.3 Å². The number of carbonyl (C=O) groups is 4. The van der Waals surface area contributed by atoms with Gasteiger partial charge in [-0.05, 0) is 51.4 Å². The quantitative estimate of drug-likeness (QED) is 0.0228. The summed E-state index contributed by atoms with van der Waals surface area (Å²) in [6.45, 7) is 5.88. The van der Waals surface area contributed by atoms with Crippen LogP contribution in [0, 0.1) is 0 Å².